The highest BCUT2D eigenvalue weighted by Gasteiger charge is 2.24. The lowest BCUT2D eigenvalue weighted by Crippen LogP contribution is -2.26. The second-order valence-corrected chi connectivity index (χ2v) is 8.05. The van der Waals surface area contributed by atoms with Crippen molar-refractivity contribution in [3.8, 4) is 11.1 Å². The van der Waals surface area contributed by atoms with Gasteiger partial charge in [0.25, 0.3) is 5.91 Å². The maximum atomic E-state index is 14.5. The molecule has 0 saturated heterocycles. The van der Waals surface area contributed by atoms with Crippen molar-refractivity contribution in [2.45, 2.75) is 40.2 Å². The lowest BCUT2D eigenvalue weighted by molar-refractivity contribution is 0.0947. The number of pyridine rings is 1. The first-order valence-corrected chi connectivity index (χ1v) is 10.3. The lowest BCUT2D eigenvalue weighted by Gasteiger charge is -2.15. The van der Waals surface area contributed by atoms with E-state index in [-0.39, 0.29) is 23.9 Å². The van der Waals surface area contributed by atoms with Crippen molar-refractivity contribution in [1.29, 1.82) is 0 Å². The average Bonchev–Trinajstić information content (AvgIpc) is 3.24. The summed E-state index contributed by atoms with van der Waals surface area (Å²) in [4.78, 5) is 13.0. The Morgan fingerprint density at radius 2 is 1.75 bits per heavy atom. The summed E-state index contributed by atoms with van der Waals surface area (Å²) < 4.78 is 32.5. The molecule has 4 aromatic rings. The van der Waals surface area contributed by atoms with Gasteiger partial charge < -0.3 is 9.88 Å². The van der Waals surface area contributed by atoms with Crippen LogP contribution in [0, 0.1) is 25.5 Å². The number of benzene rings is 1. The van der Waals surface area contributed by atoms with Gasteiger partial charge in [0, 0.05) is 12.6 Å². The zero-order valence-corrected chi connectivity index (χ0v) is 18.6. The highest BCUT2D eigenvalue weighted by Crippen LogP contribution is 2.34. The number of halogens is 2. The first-order chi connectivity index (χ1) is 15.2. The molecule has 166 valence electrons. The standard InChI is InChI=1S/C23H24F2N6O/c1-12(2)22-15(23(32)26-11-19-28-27-14(4)30(19)5)9-10-18-20(13(3)29-31(18)22)21-16(24)7-6-8-17(21)25/h6-10,12H,11H2,1-5H3,(H,26,32). The largest absolute Gasteiger partial charge is 0.345 e. The number of nitrogens with one attached hydrogen (secondary N) is 1. The summed E-state index contributed by atoms with van der Waals surface area (Å²) >= 11 is 0. The Morgan fingerprint density at radius 1 is 1.06 bits per heavy atom. The van der Waals surface area contributed by atoms with Crippen LogP contribution in [0.4, 0.5) is 8.78 Å². The molecule has 32 heavy (non-hydrogen) atoms. The molecule has 0 aliphatic heterocycles. The molecule has 0 aliphatic carbocycles. The first kappa shape index (κ1) is 21.6. The van der Waals surface area contributed by atoms with Crippen LogP contribution in [-0.2, 0) is 13.6 Å². The van der Waals surface area contributed by atoms with E-state index in [2.05, 4.69) is 20.6 Å². The fourth-order valence-electron chi connectivity index (χ4n) is 3.90. The van der Waals surface area contributed by atoms with Crippen LogP contribution in [0.15, 0.2) is 30.3 Å². The van der Waals surface area contributed by atoms with Crippen molar-refractivity contribution in [1.82, 2.24) is 29.7 Å². The third-order valence-electron chi connectivity index (χ3n) is 5.60. The fourth-order valence-corrected chi connectivity index (χ4v) is 3.90. The molecule has 4 rings (SSSR count). The molecule has 0 fully saturated rings. The smallest absolute Gasteiger partial charge is 0.253 e. The Hall–Kier alpha value is -3.62. The number of hydrogen-bond acceptors (Lipinski definition) is 4. The molecule has 0 atom stereocenters. The molecule has 0 radical (unpaired) electrons. The van der Waals surface area contributed by atoms with Gasteiger partial charge in [0.2, 0.25) is 0 Å². The van der Waals surface area contributed by atoms with E-state index in [0.717, 1.165) is 5.82 Å². The van der Waals surface area contributed by atoms with Crippen LogP contribution in [0.1, 0.15) is 53.2 Å². The molecule has 1 aromatic carbocycles. The van der Waals surface area contributed by atoms with Gasteiger partial charge in [-0.15, -0.1) is 10.2 Å². The maximum Gasteiger partial charge on any atom is 0.253 e. The van der Waals surface area contributed by atoms with Crippen LogP contribution in [0.25, 0.3) is 16.6 Å². The van der Waals surface area contributed by atoms with Crippen LogP contribution in [0.2, 0.25) is 0 Å². The van der Waals surface area contributed by atoms with Crippen molar-refractivity contribution in [3.63, 3.8) is 0 Å². The Balaban J connectivity index is 1.79. The van der Waals surface area contributed by atoms with Gasteiger partial charge in [-0.1, -0.05) is 19.9 Å². The SMILES string of the molecule is Cc1nn2c(C(C)C)c(C(=O)NCc3nnc(C)n3C)ccc2c1-c1c(F)cccc1F. The van der Waals surface area contributed by atoms with Crippen LogP contribution < -0.4 is 5.32 Å². The number of aryl methyl sites for hydroxylation is 2. The molecular formula is C23H24F2N6O. The summed E-state index contributed by atoms with van der Waals surface area (Å²) in [6, 6.07) is 7.12. The zero-order chi connectivity index (χ0) is 23.2. The molecule has 0 saturated carbocycles. The van der Waals surface area contributed by atoms with Crippen LogP contribution in [0.3, 0.4) is 0 Å². The van der Waals surface area contributed by atoms with E-state index < -0.39 is 11.6 Å². The second kappa shape index (κ2) is 8.14. The van der Waals surface area contributed by atoms with E-state index in [1.807, 2.05) is 27.8 Å². The molecule has 0 spiro atoms. The Morgan fingerprint density at radius 3 is 2.34 bits per heavy atom. The predicted octanol–water partition coefficient (Wildman–Crippen LogP) is 4.08. The second-order valence-electron chi connectivity index (χ2n) is 8.05. The molecule has 1 N–H and O–H groups in total. The Kier molecular flexibility index (Phi) is 5.50. The minimum atomic E-state index is -0.658. The summed E-state index contributed by atoms with van der Waals surface area (Å²) in [6.07, 6.45) is 0. The van der Waals surface area contributed by atoms with Crippen molar-refractivity contribution >= 4 is 11.4 Å². The number of nitrogens with zero attached hydrogens (tertiary/aromatic N) is 5. The van der Waals surface area contributed by atoms with E-state index in [0.29, 0.717) is 33.9 Å². The monoisotopic (exact) mass is 438 g/mol. The van der Waals surface area contributed by atoms with E-state index >= 15 is 0 Å². The van der Waals surface area contributed by atoms with Crippen molar-refractivity contribution < 1.29 is 13.6 Å². The molecule has 9 heteroatoms. The van der Waals surface area contributed by atoms with E-state index in [4.69, 9.17) is 0 Å². The number of carbonyl (C=O) groups excluding carboxylic acids is 1. The molecule has 0 aliphatic rings. The van der Waals surface area contributed by atoms with Crippen LogP contribution in [0.5, 0.6) is 0 Å². The number of hydrogen-bond donors (Lipinski definition) is 1. The maximum absolute atomic E-state index is 14.5. The Labute approximate surface area is 184 Å². The minimum Gasteiger partial charge on any atom is -0.345 e. The summed E-state index contributed by atoms with van der Waals surface area (Å²) in [5, 5.41) is 15.5. The van der Waals surface area contributed by atoms with Gasteiger partial charge in [-0.05, 0) is 44.0 Å². The highest BCUT2D eigenvalue weighted by atomic mass is 19.1. The molecule has 0 unspecified atom stereocenters. The van der Waals surface area contributed by atoms with E-state index in [1.165, 1.54) is 18.2 Å². The van der Waals surface area contributed by atoms with Crippen LogP contribution in [-0.4, -0.2) is 30.3 Å². The molecule has 3 heterocycles. The Bertz CT molecular complexity index is 1320. The first-order valence-electron chi connectivity index (χ1n) is 10.3. The van der Waals surface area contributed by atoms with Gasteiger partial charge in [-0.3, -0.25) is 4.79 Å². The molecular weight excluding hydrogens is 414 g/mol. The fraction of sp³-hybridized carbons (Fsp3) is 0.304. The van der Waals surface area contributed by atoms with Gasteiger partial charge in [-0.2, -0.15) is 5.10 Å². The van der Waals surface area contributed by atoms with Crippen molar-refractivity contribution in [2.24, 2.45) is 7.05 Å². The van der Waals surface area contributed by atoms with E-state index in [1.54, 1.807) is 28.1 Å². The van der Waals surface area contributed by atoms with Crippen molar-refractivity contribution in [3.05, 3.63) is 70.6 Å². The van der Waals surface area contributed by atoms with Crippen LogP contribution >= 0.6 is 0 Å². The number of fused-ring (bicyclic) bond motifs is 1. The zero-order valence-electron chi connectivity index (χ0n) is 18.6. The molecule has 1 amide bonds. The lowest BCUT2D eigenvalue weighted by atomic mass is 9.99. The van der Waals surface area contributed by atoms with Gasteiger partial charge in [-0.25, -0.2) is 13.3 Å². The van der Waals surface area contributed by atoms with Crippen molar-refractivity contribution in [2.75, 3.05) is 0 Å². The quantitative estimate of drug-likeness (QED) is 0.509. The minimum absolute atomic E-state index is 0.0749. The van der Waals surface area contributed by atoms with Gasteiger partial charge in [0.05, 0.1) is 34.6 Å². The normalized spacial score (nSPS) is 11.5. The molecule has 7 nitrogen and oxygen atoms in total. The van der Waals surface area contributed by atoms with Gasteiger partial charge >= 0.3 is 0 Å². The average molecular weight is 438 g/mol. The number of amides is 1. The number of rotatable bonds is 5. The summed E-state index contributed by atoms with van der Waals surface area (Å²) in [6.45, 7) is 7.64. The number of carbonyl (C=O) groups is 1. The third-order valence-corrected chi connectivity index (χ3v) is 5.60. The molecule has 3 aromatic heterocycles. The summed E-state index contributed by atoms with van der Waals surface area (Å²) in [7, 11) is 1.83. The predicted molar refractivity (Wildman–Crippen MR) is 116 cm³/mol. The van der Waals surface area contributed by atoms with Gasteiger partial charge in [0.1, 0.15) is 17.5 Å². The molecule has 0 bridgehead atoms. The summed E-state index contributed by atoms with van der Waals surface area (Å²) in [5.41, 5.74) is 2.36. The summed E-state index contributed by atoms with van der Waals surface area (Å²) in [5.74, 6) is -0.296. The van der Waals surface area contributed by atoms with Gasteiger partial charge in [0.15, 0.2) is 5.82 Å². The number of aromatic nitrogens is 5. The van der Waals surface area contributed by atoms with E-state index in [9.17, 15) is 13.6 Å². The topological polar surface area (TPSA) is 77.1 Å². The third kappa shape index (κ3) is 3.53. The highest BCUT2D eigenvalue weighted by molar-refractivity contribution is 5.96.